The van der Waals surface area contributed by atoms with Crippen LogP contribution in [0, 0.1) is 5.92 Å². The Kier molecular flexibility index (Phi) is 25.9. The van der Waals surface area contributed by atoms with Gasteiger partial charge in [0.15, 0.2) is 5.69 Å². The molecule has 1 aromatic heterocycles. The summed E-state index contributed by atoms with van der Waals surface area (Å²) in [5, 5.41) is 14.1. The lowest BCUT2D eigenvalue weighted by atomic mass is 9.95. The van der Waals surface area contributed by atoms with E-state index in [2.05, 4.69) is 15.7 Å². The monoisotopic (exact) mass is 975 g/mol. The Hall–Kier alpha value is -4.01. The van der Waals surface area contributed by atoms with Gasteiger partial charge in [-0.25, -0.2) is 0 Å². The van der Waals surface area contributed by atoms with E-state index >= 15 is 0 Å². The average molecular weight is 976 g/mol. The van der Waals surface area contributed by atoms with E-state index in [1.165, 1.54) is 0 Å². The number of carbonyl (C=O) groups excluding carboxylic acids is 4. The van der Waals surface area contributed by atoms with Crippen LogP contribution in [0.4, 0.5) is 5.69 Å². The summed E-state index contributed by atoms with van der Waals surface area (Å²) in [6, 6.07) is 15.6. The summed E-state index contributed by atoms with van der Waals surface area (Å²) in [6.07, 6.45) is 3.95. The zero-order chi connectivity index (χ0) is 48.3. The Morgan fingerprint density at radius 1 is 0.716 bits per heavy atom. The van der Waals surface area contributed by atoms with E-state index < -0.39 is 6.72 Å². The predicted octanol–water partition coefficient (Wildman–Crippen LogP) is 5.20. The second-order valence-electron chi connectivity index (χ2n) is 16.5. The Morgan fingerprint density at radius 2 is 1.31 bits per heavy atom. The van der Waals surface area contributed by atoms with Crippen LogP contribution >= 0.6 is 6.72 Å². The molecule has 0 saturated carbocycles. The number of anilines is 1. The Labute approximate surface area is 400 Å². The van der Waals surface area contributed by atoms with Gasteiger partial charge in [-0.2, -0.15) is 0 Å². The molecular formula is C47H72N6O12PS+. The van der Waals surface area contributed by atoms with E-state index in [0.29, 0.717) is 117 Å². The summed E-state index contributed by atoms with van der Waals surface area (Å²) in [4.78, 5) is 63.7. The fourth-order valence-corrected chi connectivity index (χ4v) is 8.56. The van der Waals surface area contributed by atoms with Gasteiger partial charge in [-0.1, -0.05) is 69.2 Å². The number of ether oxygens (including phenoxy) is 5. The molecule has 1 aliphatic rings. The number of hydrogen-bond donors (Lipinski definition) is 4. The largest absolute Gasteiger partial charge is 0.379 e. The molecule has 0 radical (unpaired) electrons. The number of Topliss-reactive ketones (excluding diaryl/α,β-unsaturated/α-hetero) is 1. The highest BCUT2D eigenvalue weighted by Crippen LogP contribution is 2.45. The van der Waals surface area contributed by atoms with E-state index in [1.807, 2.05) is 62.4 Å². The number of para-hydroxylation sites is 1. The number of hydrogen-bond acceptors (Lipinski definition) is 13. The van der Waals surface area contributed by atoms with Gasteiger partial charge >= 0.3 is 6.72 Å². The van der Waals surface area contributed by atoms with E-state index in [4.69, 9.17) is 49.6 Å². The third-order valence-electron chi connectivity index (χ3n) is 10.4. The van der Waals surface area contributed by atoms with Crippen molar-refractivity contribution in [2.24, 2.45) is 5.92 Å². The number of rotatable bonds is 35. The van der Waals surface area contributed by atoms with Crippen LogP contribution in [-0.4, -0.2) is 130 Å². The van der Waals surface area contributed by atoms with Gasteiger partial charge in [-0.15, -0.1) is 5.10 Å². The number of nitrogens with one attached hydrogen (secondary N) is 3. The first kappa shape index (κ1) is 55.6. The van der Waals surface area contributed by atoms with Crippen LogP contribution < -0.4 is 20.3 Å². The van der Waals surface area contributed by atoms with Crippen LogP contribution in [-0.2, 0) is 76.8 Å². The van der Waals surface area contributed by atoms with Crippen molar-refractivity contribution >= 4 is 47.7 Å². The summed E-state index contributed by atoms with van der Waals surface area (Å²) in [5.41, 5.74) is 4.90. The molecule has 0 fully saturated rings. The second kappa shape index (κ2) is 31.2. The number of unbranched alkanes of at least 4 members (excludes halogenated alkanes) is 3. The molecule has 20 heteroatoms. The lowest BCUT2D eigenvalue weighted by Crippen LogP contribution is -2.41. The number of ketones is 1. The molecule has 2 aromatic carbocycles. The lowest BCUT2D eigenvalue weighted by molar-refractivity contribution is -0.802. The van der Waals surface area contributed by atoms with Crippen molar-refractivity contribution in [2.75, 3.05) is 90.7 Å². The fourth-order valence-electron chi connectivity index (χ4n) is 6.87. The van der Waals surface area contributed by atoms with E-state index in [1.54, 1.807) is 23.5 Å². The van der Waals surface area contributed by atoms with Gasteiger partial charge in [0.05, 0.1) is 84.4 Å². The molecule has 1 atom stereocenters. The molecule has 18 nitrogen and oxygen atoms in total. The summed E-state index contributed by atoms with van der Waals surface area (Å²) in [6.45, 7) is 9.89. The molecule has 372 valence electrons. The maximum Gasteiger partial charge on any atom is 0.324 e. The molecule has 4 rings (SSSR count). The Morgan fingerprint density at radius 3 is 2.03 bits per heavy atom. The topological polar surface area (TPSA) is 213 Å². The van der Waals surface area contributed by atoms with Gasteiger partial charge in [0, 0.05) is 60.9 Å². The Balaban J connectivity index is 1.07. The smallest absolute Gasteiger partial charge is 0.324 e. The van der Waals surface area contributed by atoms with Crippen LogP contribution in [0.15, 0.2) is 48.5 Å². The molecule has 1 unspecified atom stereocenters. The van der Waals surface area contributed by atoms with Gasteiger partial charge in [0.2, 0.25) is 24.3 Å². The van der Waals surface area contributed by atoms with Crippen molar-refractivity contribution in [2.45, 2.75) is 98.3 Å². The van der Waals surface area contributed by atoms with Crippen molar-refractivity contribution in [1.29, 1.82) is 0 Å². The van der Waals surface area contributed by atoms with Gasteiger partial charge in [0.25, 0.3) is 0 Å². The van der Waals surface area contributed by atoms with Crippen LogP contribution in [0.5, 0.6) is 0 Å². The van der Waals surface area contributed by atoms with Gasteiger partial charge in [-0.3, -0.25) is 19.2 Å². The molecular weight excluding hydrogens is 904 g/mol. The maximum atomic E-state index is 13.8. The molecule has 67 heavy (non-hydrogen) atoms. The number of H-pyrrole nitrogens is 1. The highest BCUT2D eigenvalue weighted by Gasteiger charge is 2.30. The molecule has 3 amide bonds. The molecule has 4 N–H and O–H groups in total. The second-order valence-corrected chi connectivity index (χ2v) is 19.3. The van der Waals surface area contributed by atoms with Gasteiger partial charge in [-0.05, 0) is 54.9 Å². The quantitative estimate of drug-likeness (QED) is 0.0339. The first-order valence-corrected chi connectivity index (χ1v) is 26.0. The van der Waals surface area contributed by atoms with Crippen LogP contribution in [0.3, 0.4) is 0 Å². The van der Waals surface area contributed by atoms with Crippen molar-refractivity contribution in [3.05, 3.63) is 54.1 Å². The van der Waals surface area contributed by atoms with Gasteiger partial charge in [0.1, 0.15) is 18.1 Å². The standard InChI is InChI=1S/C47H71N6O12PS/c1-36(2)42(54)19-25-59-27-22-49-43(55)17-18-45(57)52-35-38-13-7-8-14-39(38)46-47(40-15-9-10-16-41(40)52)51-53(50-46)23-28-61-30-32-63-34-33-62-31-29-60-26-20-44(56)48-21-11-5-6-12-24-64-66(58,67)65-37(3)4/h7-10,13-16,36-37H,5-6,11-12,17-35H2,1-4H3,(H3,48,49,55,56,58,67)/p+1. The first-order valence-electron chi connectivity index (χ1n) is 23.4. The number of amides is 3. The predicted molar refractivity (Wildman–Crippen MR) is 256 cm³/mol. The number of fused-ring (bicyclic) bond motifs is 5. The lowest BCUT2D eigenvalue weighted by Gasteiger charge is -2.27. The van der Waals surface area contributed by atoms with E-state index in [9.17, 15) is 24.1 Å². The fraction of sp³-hybridized carbons (Fsp3) is 0.617. The number of aromatic amines is 1. The Bertz CT molecular complexity index is 2020. The molecule has 0 saturated heterocycles. The molecule has 3 aromatic rings. The molecule has 2 heterocycles. The minimum Gasteiger partial charge on any atom is -0.379 e. The maximum absolute atomic E-state index is 13.8. The molecule has 0 spiro atoms. The third-order valence-corrected chi connectivity index (χ3v) is 12.1. The zero-order valence-electron chi connectivity index (χ0n) is 39.7. The zero-order valence-corrected chi connectivity index (χ0v) is 41.4. The van der Waals surface area contributed by atoms with Crippen molar-refractivity contribution in [3.8, 4) is 22.5 Å². The minimum absolute atomic E-state index is 0.0226. The van der Waals surface area contributed by atoms with E-state index in [0.717, 1.165) is 48.1 Å². The van der Waals surface area contributed by atoms with Gasteiger partial charge < -0.3 is 53.2 Å². The summed E-state index contributed by atoms with van der Waals surface area (Å²) in [7, 11) is 0. The molecule has 0 aliphatic carbocycles. The summed E-state index contributed by atoms with van der Waals surface area (Å²) < 4.78 is 38.6. The highest BCUT2D eigenvalue weighted by molar-refractivity contribution is 8.07. The van der Waals surface area contributed by atoms with Crippen molar-refractivity contribution in [3.63, 3.8) is 0 Å². The molecule has 0 bridgehead atoms. The van der Waals surface area contributed by atoms with Crippen LogP contribution in [0.2, 0.25) is 0 Å². The average Bonchev–Trinajstić information content (AvgIpc) is 3.71. The normalized spacial score (nSPS) is 13.1. The number of nitrogens with zero attached hydrogens (tertiary/aromatic N) is 3. The van der Waals surface area contributed by atoms with Crippen LogP contribution in [0.25, 0.3) is 22.5 Å². The minimum atomic E-state index is -3.16. The number of benzene rings is 2. The summed E-state index contributed by atoms with van der Waals surface area (Å²) in [5.74, 6) is -0.365. The number of carbonyl (C=O) groups is 4. The first-order chi connectivity index (χ1) is 32.3. The third kappa shape index (κ3) is 21.4. The number of aromatic nitrogens is 3. The highest BCUT2D eigenvalue weighted by atomic mass is 32.5. The van der Waals surface area contributed by atoms with E-state index in [-0.39, 0.29) is 54.8 Å². The van der Waals surface area contributed by atoms with Crippen LogP contribution in [0.1, 0.15) is 84.6 Å². The summed E-state index contributed by atoms with van der Waals surface area (Å²) >= 11 is 4.96. The molecule has 1 aliphatic heterocycles. The SMILES string of the molecule is CC(C)OP(O)(=S)OCCCCCCNC(=O)CCOCCOCCOCCOCC[n+]1nc2c([nH]1)-c1ccccc1CN(C(=O)CCC(=O)NCCOCCC(=O)C(C)C)c1ccccc1-2. The van der Waals surface area contributed by atoms with Crippen molar-refractivity contribution in [1.82, 2.24) is 20.8 Å². The van der Waals surface area contributed by atoms with Crippen molar-refractivity contribution < 1.29 is 61.6 Å².